The molecule has 1 aromatic heterocycles. The molecule has 6 aliphatic rings. The molecule has 2 bridgehead atoms. The van der Waals surface area contributed by atoms with Crippen LogP contribution < -0.4 is 4.90 Å². The molecule has 0 aromatic carbocycles. The number of halogens is 1. The SMILES string of the molecule is Cl.O=C1C2C3CCC(C4CC43)C2C(=O)N1CCCCN1CCN(c2ncccn2)CC1. The summed E-state index contributed by atoms with van der Waals surface area (Å²) in [6.07, 6.45) is 9.18. The van der Waals surface area contributed by atoms with Crippen LogP contribution in [0.15, 0.2) is 18.5 Å². The van der Waals surface area contributed by atoms with Crippen LogP contribution in [-0.2, 0) is 9.59 Å². The number of aromatic nitrogens is 2. The summed E-state index contributed by atoms with van der Waals surface area (Å²) in [7, 11) is 0. The molecule has 4 saturated carbocycles. The van der Waals surface area contributed by atoms with Crippen LogP contribution in [-0.4, -0.2) is 70.9 Å². The number of unbranched alkanes of at least 4 members (excludes halogenated alkanes) is 1. The van der Waals surface area contributed by atoms with Gasteiger partial charge in [-0.05, 0) is 68.4 Å². The van der Waals surface area contributed by atoms with Gasteiger partial charge in [-0.25, -0.2) is 9.97 Å². The topological polar surface area (TPSA) is 69.6 Å². The first-order valence-corrected chi connectivity index (χ1v) is 11.8. The summed E-state index contributed by atoms with van der Waals surface area (Å²) in [6.45, 7) is 5.56. The van der Waals surface area contributed by atoms with Crippen molar-refractivity contribution in [1.82, 2.24) is 19.8 Å². The van der Waals surface area contributed by atoms with E-state index in [1.165, 1.54) is 19.3 Å². The lowest BCUT2D eigenvalue weighted by atomic mass is 9.59. The predicted molar refractivity (Wildman–Crippen MR) is 119 cm³/mol. The molecule has 4 aliphatic carbocycles. The van der Waals surface area contributed by atoms with Gasteiger partial charge in [-0.1, -0.05) is 0 Å². The zero-order valence-corrected chi connectivity index (χ0v) is 18.8. The molecular formula is C23H32ClN5O2. The van der Waals surface area contributed by atoms with Crippen LogP contribution in [0, 0.1) is 35.5 Å². The van der Waals surface area contributed by atoms with Gasteiger partial charge in [0.1, 0.15) is 0 Å². The van der Waals surface area contributed by atoms with Gasteiger partial charge in [0.05, 0.1) is 11.8 Å². The second-order valence-corrected chi connectivity index (χ2v) is 9.93. The molecule has 7 nitrogen and oxygen atoms in total. The Kier molecular flexibility index (Phi) is 5.67. The first-order chi connectivity index (χ1) is 14.7. The van der Waals surface area contributed by atoms with Crippen LogP contribution in [0.2, 0.25) is 0 Å². The van der Waals surface area contributed by atoms with Gasteiger partial charge >= 0.3 is 0 Å². The van der Waals surface area contributed by atoms with E-state index in [2.05, 4.69) is 19.8 Å². The van der Waals surface area contributed by atoms with E-state index in [0.29, 0.717) is 18.4 Å². The number of hydrogen-bond acceptors (Lipinski definition) is 6. The minimum absolute atomic E-state index is 0. The average Bonchev–Trinajstić information content (AvgIpc) is 3.57. The number of nitrogens with zero attached hydrogens (tertiary/aromatic N) is 5. The molecular weight excluding hydrogens is 414 g/mol. The fourth-order valence-corrected chi connectivity index (χ4v) is 7.05. The number of hydrogen-bond donors (Lipinski definition) is 0. The maximum atomic E-state index is 13.0. The highest BCUT2D eigenvalue weighted by atomic mass is 35.5. The summed E-state index contributed by atoms with van der Waals surface area (Å²) in [5.41, 5.74) is 0. The lowest BCUT2D eigenvalue weighted by Gasteiger charge is -2.42. The van der Waals surface area contributed by atoms with Crippen LogP contribution in [0.5, 0.6) is 0 Å². The van der Waals surface area contributed by atoms with Crippen molar-refractivity contribution in [2.45, 2.75) is 32.1 Å². The maximum Gasteiger partial charge on any atom is 0.233 e. The van der Waals surface area contributed by atoms with Crippen LogP contribution >= 0.6 is 12.4 Å². The van der Waals surface area contributed by atoms with Gasteiger partial charge in [-0.2, -0.15) is 0 Å². The van der Waals surface area contributed by atoms with Crippen molar-refractivity contribution in [2.75, 3.05) is 44.2 Å². The fraction of sp³-hybridized carbons (Fsp3) is 0.739. The molecule has 0 radical (unpaired) electrons. The maximum absolute atomic E-state index is 13.0. The largest absolute Gasteiger partial charge is 0.338 e. The highest BCUT2D eigenvalue weighted by molar-refractivity contribution is 6.05. The molecule has 168 valence electrons. The lowest BCUT2D eigenvalue weighted by molar-refractivity contribution is -0.140. The van der Waals surface area contributed by atoms with Gasteiger partial charge < -0.3 is 4.90 Å². The third kappa shape index (κ3) is 3.54. The summed E-state index contributed by atoms with van der Waals surface area (Å²) >= 11 is 0. The molecule has 2 saturated heterocycles. The minimum Gasteiger partial charge on any atom is -0.338 e. The Balaban J connectivity index is 0.00000204. The summed E-state index contributed by atoms with van der Waals surface area (Å²) in [5.74, 6) is 3.77. The number of piperazine rings is 1. The first-order valence-electron chi connectivity index (χ1n) is 11.8. The summed E-state index contributed by atoms with van der Waals surface area (Å²) in [4.78, 5) is 41.1. The average molecular weight is 446 g/mol. The third-order valence-corrected chi connectivity index (χ3v) is 8.55. The number of carbonyl (C=O) groups is 2. The quantitative estimate of drug-likeness (QED) is 0.493. The molecule has 0 spiro atoms. The van der Waals surface area contributed by atoms with Crippen LogP contribution in [0.4, 0.5) is 5.95 Å². The highest BCUT2D eigenvalue weighted by Gasteiger charge is 2.68. The van der Waals surface area contributed by atoms with Crippen molar-refractivity contribution < 1.29 is 9.59 Å². The van der Waals surface area contributed by atoms with Gasteiger partial charge in [0.15, 0.2) is 0 Å². The number of rotatable bonds is 6. The predicted octanol–water partition coefficient (Wildman–Crippen LogP) is 2.08. The zero-order valence-electron chi connectivity index (χ0n) is 17.9. The normalized spacial score (nSPS) is 36.3. The number of likely N-dealkylation sites (tertiary alicyclic amines) is 1. The number of carbonyl (C=O) groups excluding carboxylic acids is 2. The van der Waals surface area contributed by atoms with Crippen molar-refractivity contribution in [2.24, 2.45) is 35.5 Å². The van der Waals surface area contributed by atoms with E-state index < -0.39 is 0 Å². The van der Waals surface area contributed by atoms with Crippen molar-refractivity contribution in [3.8, 4) is 0 Å². The van der Waals surface area contributed by atoms with E-state index in [0.717, 1.165) is 63.3 Å². The number of fused-ring (bicyclic) bond motifs is 1. The lowest BCUT2D eigenvalue weighted by Crippen LogP contribution is -2.47. The highest BCUT2D eigenvalue weighted by Crippen LogP contribution is 2.67. The molecule has 8 heteroatoms. The van der Waals surface area contributed by atoms with Crippen LogP contribution in [0.3, 0.4) is 0 Å². The van der Waals surface area contributed by atoms with Gasteiger partial charge in [0.2, 0.25) is 17.8 Å². The molecule has 6 unspecified atom stereocenters. The molecule has 6 atom stereocenters. The van der Waals surface area contributed by atoms with Crippen molar-refractivity contribution in [1.29, 1.82) is 0 Å². The molecule has 0 N–H and O–H groups in total. The second kappa shape index (κ2) is 8.32. The van der Waals surface area contributed by atoms with E-state index in [4.69, 9.17) is 0 Å². The first kappa shape index (κ1) is 21.1. The van der Waals surface area contributed by atoms with E-state index >= 15 is 0 Å². The Labute approximate surface area is 190 Å². The van der Waals surface area contributed by atoms with Gasteiger partial charge in [0.25, 0.3) is 0 Å². The Hall–Kier alpha value is -1.73. The summed E-state index contributed by atoms with van der Waals surface area (Å²) < 4.78 is 0. The summed E-state index contributed by atoms with van der Waals surface area (Å²) in [5, 5.41) is 0. The summed E-state index contributed by atoms with van der Waals surface area (Å²) in [6, 6.07) is 1.85. The molecule has 2 amide bonds. The van der Waals surface area contributed by atoms with Gasteiger partial charge in [-0.3, -0.25) is 19.4 Å². The van der Waals surface area contributed by atoms with Crippen LogP contribution in [0.1, 0.15) is 32.1 Å². The van der Waals surface area contributed by atoms with E-state index in [-0.39, 0.29) is 36.1 Å². The minimum atomic E-state index is 0. The molecule has 31 heavy (non-hydrogen) atoms. The Morgan fingerprint density at radius 2 is 1.39 bits per heavy atom. The zero-order chi connectivity index (χ0) is 20.2. The Bertz CT molecular complexity index is 797. The van der Waals surface area contributed by atoms with Crippen molar-refractivity contribution >= 4 is 30.2 Å². The second-order valence-electron chi connectivity index (χ2n) is 9.93. The van der Waals surface area contributed by atoms with Crippen LogP contribution in [0.25, 0.3) is 0 Å². The molecule has 1 aromatic rings. The molecule has 2 aliphatic heterocycles. The van der Waals surface area contributed by atoms with Crippen molar-refractivity contribution in [3.05, 3.63) is 18.5 Å². The van der Waals surface area contributed by atoms with Gasteiger partial charge in [-0.15, -0.1) is 12.4 Å². The Morgan fingerprint density at radius 1 is 0.806 bits per heavy atom. The standard InChI is InChI=1S/C23H31N5O2.ClH/c29-21-19-15-4-5-16(18-14-17(15)18)20(19)22(30)28(21)9-2-1-8-26-10-12-27(13-11-26)23-24-6-3-7-25-23;/h3,6-7,15-20H,1-2,4-5,8-14H2;1H. The number of anilines is 1. The Morgan fingerprint density at radius 3 is 2.00 bits per heavy atom. The van der Waals surface area contributed by atoms with E-state index in [1.807, 2.05) is 6.07 Å². The van der Waals surface area contributed by atoms with Crippen molar-refractivity contribution in [3.63, 3.8) is 0 Å². The number of amides is 2. The molecule has 3 heterocycles. The number of imide groups is 1. The van der Waals surface area contributed by atoms with E-state index in [9.17, 15) is 9.59 Å². The molecule has 6 fully saturated rings. The monoisotopic (exact) mass is 445 g/mol. The fourth-order valence-electron chi connectivity index (χ4n) is 7.05. The smallest absolute Gasteiger partial charge is 0.233 e. The van der Waals surface area contributed by atoms with Gasteiger partial charge in [0, 0.05) is 45.1 Å². The van der Waals surface area contributed by atoms with E-state index in [1.54, 1.807) is 17.3 Å². The molecule has 7 rings (SSSR count). The third-order valence-electron chi connectivity index (χ3n) is 8.55.